The minimum absolute atomic E-state index is 0.208. The van der Waals surface area contributed by atoms with Gasteiger partial charge < -0.3 is 19.5 Å². The number of halogens is 1. The first-order valence-corrected chi connectivity index (χ1v) is 8.91. The van der Waals surface area contributed by atoms with E-state index in [0.717, 1.165) is 18.4 Å². The summed E-state index contributed by atoms with van der Waals surface area (Å²) in [5.41, 5.74) is 1.20. The van der Waals surface area contributed by atoms with Gasteiger partial charge in [-0.1, -0.05) is 12.1 Å². The van der Waals surface area contributed by atoms with Gasteiger partial charge in [-0.3, -0.25) is 4.79 Å². The zero-order valence-corrected chi connectivity index (χ0v) is 15.6. The van der Waals surface area contributed by atoms with Crippen LogP contribution < -0.4 is 14.8 Å². The summed E-state index contributed by atoms with van der Waals surface area (Å²) >= 11 is 0. The van der Waals surface area contributed by atoms with Crippen molar-refractivity contribution in [1.82, 2.24) is 5.32 Å². The van der Waals surface area contributed by atoms with Crippen LogP contribution in [-0.2, 0) is 10.2 Å². The predicted molar refractivity (Wildman–Crippen MR) is 100 cm³/mol. The Bertz CT molecular complexity index is 763. The summed E-state index contributed by atoms with van der Waals surface area (Å²) in [7, 11) is 3.09. The molecule has 144 valence electrons. The highest BCUT2D eigenvalue weighted by atomic mass is 19.1. The van der Waals surface area contributed by atoms with Crippen LogP contribution in [0.25, 0.3) is 0 Å². The van der Waals surface area contributed by atoms with Crippen LogP contribution in [0.5, 0.6) is 11.5 Å². The van der Waals surface area contributed by atoms with Crippen molar-refractivity contribution in [2.75, 3.05) is 34.0 Å². The van der Waals surface area contributed by atoms with E-state index in [0.29, 0.717) is 36.8 Å². The molecule has 0 saturated carbocycles. The van der Waals surface area contributed by atoms with E-state index in [-0.39, 0.29) is 17.1 Å². The summed E-state index contributed by atoms with van der Waals surface area (Å²) in [6.45, 7) is 1.67. The Morgan fingerprint density at radius 2 is 1.67 bits per heavy atom. The van der Waals surface area contributed by atoms with Crippen molar-refractivity contribution in [3.8, 4) is 11.5 Å². The molecule has 6 heteroatoms. The number of methoxy groups -OCH3 is 2. The lowest BCUT2D eigenvalue weighted by atomic mass is 9.74. The fourth-order valence-corrected chi connectivity index (χ4v) is 3.42. The van der Waals surface area contributed by atoms with E-state index >= 15 is 0 Å². The fourth-order valence-electron chi connectivity index (χ4n) is 3.42. The third kappa shape index (κ3) is 4.39. The largest absolute Gasteiger partial charge is 0.497 e. The molecule has 1 heterocycles. The highest BCUT2D eigenvalue weighted by Gasteiger charge is 2.35. The van der Waals surface area contributed by atoms with Crippen molar-refractivity contribution in [1.29, 1.82) is 0 Å². The van der Waals surface area contributed by atoms with Crippen molar-refractivity contribution in [2.45, 2.75) is 18.3 Å². The predicted octanol–water partition coefficient (Wildman–Crippen LogP) is 3.32. The van der Waals surface area contributed by atoms with Crippen LogP contribution in [0.2, 0.25) is 0 Å². The summed E-state index contributed by atoms with van der Waals surface area (Å²) in [5, 5.41) is 3.03. The quantitative estimate of drug-likeness (QED) is 0.844. The van der Waals surface area contributed by atoms with E-state index in [9.17, 15) is 9.18 Å². The molecule has 1 amide bonds. The number of ether oxygens (including phenoxy) is 3. The third-order valence-corrected chi connectivity index (χ3v) is 5.11. The average molecular weight is 373 g/mol. The van der Waals surface area contributed by atoms with Gasteiger partial charge >= 0.3 is 0 Å². The summed E-state index contributed by atoms with van der Waals surface area (Å²) in [5.74, 6) is 0.631. The fraction of sp³-hybridized carbons (Fsp3) is 0.381. The number of rotatable bonds is 6. The van der Waals surface area contributed by atoms with Crippen molar-refractivity contribution < 1.29 is 23.4 Å². The number of amides is 1. The molecule has 2 aromatic carbocycles. The van der Waals surface area contributed by atoms with Crippen LogP contribution in [0.4, 0.5) is 4.39 Å². The molecule has 1 saturated heterocycles. The minimum atomic E-state index is -0.273. The maximum absolute atomic E-state index is 13.3. The summed E-state index contributed by atoms with van der Waals surface area (Å²) in [6.07, 6.45) is 1.53. The van der Waals surface area contributed by atoms with E-state index in [1.165, 1.54) is 12.1 Å². The van der Waals surface area contributed by atoms with Gasteiger partial charge in [-0.25, -0.2) is 4.39 Å². The highest BCUT2D eigenvalue weighted by molar-refractivity contribution is 5.95. The van der Waals surface area contributed by atoms with E-state index in [2.05, 4.69) is 5.32 Å². The van der Waals surface area contributed by atoms with Gasteiger partial charge in [0, 0.05) is 36.8 Å². The number of benzene rings is 2. The maximum atomic E-state index is 13.3. The Morgan fingerprint density at radius 3 is 2.22 bits per heavy atom. The second-order valence-corrected chi connectivity index (χ2v) is 6.68. The van der Waals surface area contributed by atoms with Gasteiger partial charge in [-0.05, 0) is 42.7 Å². The molecule has 0 atom stereocenters. The van der Waals surface area contributed by atoms with Crippen LogP contribution in [0.1, 0.15) is 28.8 Å². The monoisotopic (exact) mass is 373 g/mol. The number of nitrogens with one attached hydrogen (secondary N) is 1. The normalized spacial score (nSPS) is 15.8. The molecule has 0 spiro atoms. The number of hydrogen-bond acceptors (Lipinski definition) is 4. The molecule has 3 rings (SSSR count). The molecule has 1 aliphatic rings. The number of carbonyl (C=O) groups is 1. The average Bonchev–Trinajstić information content (AvgIpc) is 2.72. The lowest BCUT2D eigenvalue weighted by Gasteiger charge is -2.38. The molecule has 0 unspecified atom stereocenters. The van der Waals surface area contributed by atoms with E-state index in [1.54, 1.807) is 44.6 Å². The van der Waals surface area contributed by atoms with Gasteiger partial charge in [0.05, 0.1) is 14.2 Å². The van der Waals surface area contributed by atoms with Gasteiger partial charge in [0.1, 0.15) is 17.3 Å². The van der Waals surface area contributed by atoms with E-state index in [1.807, 2.05) is 0 Å². The van der Waals surface area contributed by atoms with Gasteiger partial charge in [-0.15, -0.1) is 0 Å². The summed E-state index contributed by atoms with van der Waals surface area (Å²) in [4.78, 5) is 12.7. The summed E-state index contributed by atoms with van der Waals surface area (Å²) < 4.78 is 29.3. The van der Waals surface area contributed by atoms with Gasteiger partial charge in [0.15, 0.2) is 0 Å². The third-order valence-electron chi connectivity index (χ3n) is 5.11. The molecular weight excluding hydrogens is 349 g/mol. The lowest BCUT2D eigenvalue weighted by Crippen LogP contribution is -2.44. The van der Waals surface area contributed by atoms with Crippen LogP contribution in [0.3, 0.4) is 0 Å². The molecular formula is C21H24FNO4. The molecule has 0 aromatic heterocycles. The van der Waals surface area contributed by atoms with Gasteiger partial charge in [0.25, 0.3) is 5.91 Å². The van der Waals surface area contributed by atoms with Crippen molar-refractivity contribution in [3.63, 3.8) is 0 Å². The molecule has 0 bridgehead atoms. The van der Waals surface area contributed by atoms with Gasteiger partial charge in [-0.2, -0.15) is 0 Å². The zero-order valence-electron chi connectivity index (χ0n) is 15.6. The van der Waals surface area contributed by atoms with Crippen LogP contribution in [0, 0.1) is 5.82 Å². The molecule has 1 fully saturated rings. The second kappa shape index (κ2) is 8.39. The Morgan fingerprint density at radius 1 is 1.07 bits per heavy atom. The van der Waals surface area contributed by atoms with Crippen molar-refractivity contribution in [3.05, 3.63) is 59.4 Å². The van der Waals surface area contributed by atoms with Gasteiger partial charge in [0.2, 0.25) is 0 Å². The highest BCUT2D eigenvalue weighted by Crippen LogP contribution is 2.34. The Balaban J connectivity index is 1.79. The van der Waals surface area contributed by atoms with Crippen LogP contribution in [0.15, 0.2) is 42.5 Å². The second-order valence-electron chi connectivity index (χ2n) is 6.68. The van der Waals surface area contributed by atoms with E-state index < -0.39 is 0 Å². The molecule has 1 aliphatic heterocycles. The van der Waals surface area contributed by atoms with Crippen LogP contribution >= 0.6 is 0 Å². The molecule has 0 aliphatic carbocycles. The Labute approximate surface area is 158 Å². The van der Waals surface area contributed by atoms with Crippen LogP contribution in [-0.4, -0.2) is 39.9 Å². The lowest BCUT2D eigenvalue weighted by molar-refractivity contribution is 0.0487. The molecule has 5 nitrogen and oxygen atoms in total. The maximum Gasteiger partial charge on any atom is 0.251 e. The molecule has 0 radical (unpaired) electrons. The molecule has 1 N–H and O–H groups in total. The topological polar surface area (TPSA) is 56.8 Å². The molecule has 27 heavy (non-hydrogen) atoms. The smallest absolute Gasteiger partial charge is 0.251 e. The minimum Gasteiger partial charge on any atom is -0.497 e. The first kappa shape index (κ1) is 19.2. The van der Waals surface area contributed by atoms with E-state index in [4.69, 9.17) is 14.2 Å². The summed E-state index contributed by atoms with van der Waals surface area (Å²) in [6, 6.07) is 11.6. The standard InChI is InChI=1S/C21H24FNO4/c1-25-18-11-15(12-19(13-18)26-2)20(24)23-14-21(7-9-27-10-8-21)16-3-5-17(22)6-4-16/h3-6,11-13H,7-10,14H2,1-2H3,(H,23,24). The molecule has 2 aromatic rings. The number of hydrogen-bond donors (Lipinski definition) is 1. The Hall–Kier alpha value is -2.60. The SMILES string of the molecule is COc1cc(OC)cc(C(=O)NCC2(c3ccc(F)cc3)CCOCC2)c1. The number of carbonyl (C=O) groups excluding carboxylic acids is 1. The van der Waals surface area contributed by atoms with Crippen molar-refractivity contribution >= 4 is 5.91 Å². The first-order valence-electron chi connectivity index (χ1n) is 8.91. The first-order chi connectivity index (χ1) is 13.1. The van der Waals surface area contributed by atoms with Crippen molar-refractivity contribution in [2.24, 2.45) is 0 Å². The Kier molecular flexibility index (Phi) is 5.96. The zero-order chi connectivity index (χ0) is 19.3.